The Labute approximate surface area is 157 Å². The van der Waals surface area contributed by atoms with Crippen LogP contribution in [-0.4, -0.2) is 64.3 Å². The molecule has 0 spiro atoms. The van der Waals surface area contributed by atoms with Gasteiger partial charge in [-0.2, -0.15) is 9.40 Å². The Hall–Kier alpha value is -2.40. The van der Waals surface area contributed by atoms with Gasteiger partial charge in [0.25, 0.3) is 10.0 Å². The molecule has 0 atom stereocenters. The number of rotatable bonds is 5. The first-order chi connectivity index (χ1) is 12.8. The Bertz CT molecular complexity index is 972. The average molecular weight is 393 g/mol. The Balaban J connectivity index is 1.45. The van der Waals surface area contributed by atoms with Gasteiger partial charge in [0.15, 0.2) is 5.03 Å². The van der Waals surface area contributed by atoms with Crippen LogP contribution in [0.4, 0.5) is 10.5 Å². The summed E-state index contributed by atoms with van der Waals surface area (Å²) >= 11 is 0. The van der Waals surface area contributed by atoms with Crippen LogP contribution in [0.15, 0.2) is 23.6 Å². The summed E-state index contributed by atoms with van der Waals surface area (Å²) in [5.74, 6) is 0.889. The van der Waals surface area contributed by atoms with Gasteiger partial charge < -0.3 is 9.88 Å². The number of nitrogens with one attached hydrogen (secondary N) is 1. The second-order valence-corrected chi connectivity index (χ2v) is 9.13. The Morgan fingerprint density at radius 2 is 2.00 bits per heavy atom. The van der Waals surface area contributed by atoms with E-state index in [-0.39, 0.29) is 23.0 Å². The number of sulfonamides is 1. The SMILES string of the molecule is CC(C)c1nc(S(=O)(=O)N2CC(n3cc(N4CCNC4=O)cn3)C2)cn1C. The van der Waals surface area contributed by atoms with Gasteiger partial charge >= 0.3 is 6.03 Å². The fourth-order valence-electron chi connectivity index (χ4n) is 3.41. The summed E-state index contributed by atoms with van der Waals surface area (Å²) in [7, 11) is -1.80. The van der Waals surface area contributed by atoms with E-state index in [4.69, 9.17) is 0 Å². The van der Waals surface area contributed by atoms with Crippen molar-refractivity contribution < 1.29 is 13.2 Å². The van der Waals surface area contributed by atoms with Gasteiger partial charge in [0.05, 0.1) is 17.9 Å². The van der Waals surface area contributed by atoms with Crippen LogP contribution in [0.2, 0.25) is 0 Å². The number of carbonyl (C=O) groups is 1. The predicted molar refractivity (Wildman–Crippen MR) is 98.1 cm³/mol. The van der Waals surface area contributed by atoms with Crippen LogP contribution in [0.1, 0.15) is 31.6 Å². The molecule has 2 aromatic heterocycles. The Morgan fingerprint density at radius 3 is 2.59 bits per heavy atom. The summed E-state index contributed by atoms with van der Waals surface area (Å²) in [5, 5.41) is 7.13. The summed E-state index contributed by atoms with van der Waals surface area (Å²) in [6.07, 6.45) is 4.99. The summed E-state index contributed by atoms with van der Waals surface area (Å²) in [6.45, 7) is 5.85. The van der Waals surface area contributed by atoms with Gasteiger partial charge in [-0.1, -0.05) is 13.8 Å². The standard InChI is InChI=1S/C16H23N7O3S/c1-11(2)15-19-14(10-20(15)3)27(25,26)21-7-13(8-21)23-9-12(6-18-23)22-5-4-17-16(22)24/h6,9-11,13H,4-5,7-8H2,1-3H3,(H,17,24). The molecular formula is C16H23N7O3S. The molecule has 11 heteroatoms. The first kappa shape index (κ1) is 18.0. The fraction of sp³-hybridized carbons (Fsp3) is 0.562. The van der Waals surface area contributed by atoms with Crippen LogP contribution in [0.5, 0.6) is 0 Å². The van der Waals surface area contributed by atoms with Gasteiger partial charge in [-0.15, -0.1) is 0 Å². The highest BCUT2D eigenvalue weighted by molar-refractivity contribution is 7.89. The molecular weight excluding hydrogens is 370 g/mol. The number of urea groups is 1. The minimum absolute atomic E-state index is 0.0486. The third kappa shape index (κ3) is 3.00. The van der Waals surface area contributed by atoms with E-state index in [0.29, 0.717) is 26.2 Å². The van der Waals surface area contributed by atoms with Gasteiger partial charge in [-0.05, 0) is 0 Å². The molecule has 1 N–H and O–H groups in total. The van der Waals surface area contributed by atoms with E-state index >= 15 is 0 Å². The topological polar surface area (TPSA) is 105 Å². The number of hydrogen-bond donors (Lipinski definition) is 1. The number of amides is 2. The largest absolute Gasteiger partial charge is 0.336 e. The molecule has 2 saturated heterocycles. The van der Waals surface area contributed by atoms with Crippen molar-refractivity contribution in [1.29, 1.82) is 0 Å². The third-order valence-corrected chi connectivity index (χ3v) is 6.67. The quantitative estimate of drug-likeness (QED) is 0.797. The van der Waals surface area contributed by atoms with Crippen LogP contribution in [-0.2, 0) is 17.1 Å². The van der Waals surface area contributed by atoms with Crippen molar-refractivity contribution in [3.8, 4) is 0 Å². The van der Waals surface area contributed by atoms with Crippen LogP contribution in [0, 0.1) is 0 Å². The highest BCUT2D eigenvalue weighted by atomic mass is 32.2. The van der Waals surface area contributed by atoms with Gasteiger partial charge in [0, 0.05) is 51.5 Å². The number of aryl methyl sites for hydroxylation is 1. The van der Waals surface area contributed by atoms with Crippen molar-refractivity contribution in [3.63, 3.8) is 0 Å². The van der Waals surface area contributed by atoms with Crippen LogP contribution < -0.4 is 10.2 Å². The zero-order valence-corrected chi connectivity index (χ0v) is 16.3. The molecule has 2 aliphatic heterocycles. The molecule has 4 rings (SSSR count). The predicted octanol–water partition coefficient (Wildman–Crippen LogP) is 0.515. The summed E-state index contributed by atoms with van der Waals surface area (Å²) in [5.41, 5.74) is 0.720. The van der Waals surface area contributed by atoms with Crippen molar-refractivity contribution in [1.82, 2.24) is 29.0 Å². The van der Waals surface area contributed by atoms with Gasteiger partial charge in [0.2, 0.25) is 0 Å². The molecule has 0 unspecified atom stereocenters. The molecule has 0 saturated carbocycles. The van der Waals surface area contributed by atoms with E-state index in [0.717, 1.165) is 11.5 Å². The minimum atomic E-state index is -3.61. The van der Waals surface area contributed by atoms with Gasteiger partial charge in [-0.3, -0.25) is 9.58 Å². The second-order valence-electron chi connectivity index (χ2n) is 7.24. The van der Waals surface area contributed by atoms with Crippen LogP contribution in [0.3, 0.4) is 0 Å². The van der Waals surface area contributed by atoms with Crippen molar-refractivity contribution in [3.05, 3.63) is 24.4 Å². The van der Waals surface area contributed by atoms with Crippen molar-refractivity contribution >= 4 is 21.7 Å². The zero-order valence-electron chi connectivity index (χ0n) is 15.5. The molecule has 2 fully saturated rings. The first-order valence-electron chi connectivity index (χ1n) is 8.90. The van der Waals surface area contributed by atoms with Gasteiger partial charge in [-0.25, -0.2) is 18.2 Å². The number of hydrogen-bond acceptors (Lipinski definition) is 5. The molecule has 0 radical (unpaired) electrons. The zero-order chi connectivity index (χ0) is 19.3. The van der Waals surface area contributed by atoms with E-state index in [2.05, 4.69) is 15.4 Å². The van der Waals surface area contributed by atoms with E-state index in [1.165, 1.54) is 4.31 Å². The number of imidazole rings is 1. The average Bonchev–Trinajstić information content (AvgIpc) is 3.25. The van der Waals surface area contributed by atoms with E-state index in [1.54, 1.807) is 39.8 Å². The molecule has 27 heavy (non-hydrogen) atoms. The lowest BCUT2D eigenvalue weighted by Crippen LogP contribution is -2.50. The smallest absolute Gasteiger partial charge is 0.322 e. The summed E-state index contributed by atoms with van der Waals surface area (Å²) < 4.78 is 30.5. The molecule has 2 aromatic rings. The lowest BCUT2D eigenvalue weighted by atomic mass is 10.2. The van der Waals surface area contributed by atoms with E-state index < -0.39 is 10.0 Å². The van der Waals surface area contributed by atoms with Gasteiger partial charge in [0.1, 0.15) is 5.82 Å². The lowest BCUT2D eigenvalue weighted by Gasteiger charge is -2.37. The lowest BCUT2D eigenvalue weighted by molar-refractivity contribution is 0.191. The molecule has 4 heterocycles. The van der Waals surface area contributed by atoms with Crippen molar-refractivity contribution in [2.75, 3.05) is 31.1 Å². The molecule has 0 bridgehead atoms. The molecule has 2 aliphatic rings. The van der Waals surface area contributed by atoms with E-state index in [9.17, 15) is 13.2 Å². The Morgan fingerprint density at radius 1 is 1.26 bits per heavy atom. The van der Waals surface area contributed by atoms with Crippen LogP contribution in [0.25, 0.3) is 0 Å². The highest BCUT2D eigenvalue weighted by Gasteiger charge is 2.40. The van der Waals surface area contributed by atoms with E-state index in [1.807, 2.05) is 13.8 Å². The monoisotopic (exact) mass is 393 g/mol. The Kier molecular flexibility index (Phi) is 4.22. The number of nitrogens with zero attached hydrogens (tertiary/aromatic N) is 6. The molecule has 0 aliphatic carbocycles. The maximum Gasteiger partial charge on any atom is 0.322 e. The van der Waals surface area contributed by atoms with Crippen molar-refractivity contribution in [2.45, 2.75) is 30.8 Å². The number of anilines is 1. The normalized spacial score (nSPS) is 19.0. The third-order valence-electron chi connectivity index (χ3n) is 4.97. The fourth-order valence-corrected chi connectivity index (χ4v) is 4.91. The second kappa shape index (κ2) is 6.34. The number of carbonyl (C=O) groups excluding carboxylic acids is 1. The molecule has 10 nitrogen and oxygen atoms in total. The van der Waals surface area contributed by atoms with Crippen LogP contribution >= 0.6 is 0 Å². The molecule has 2 amide bonds. The highest BCUT2D eigenvalue weighted by Crippen LogP contribution is 2.29. The number of aromatic nitrogens is 4. The van der Waals surface area contributed by atoms with Crippen molar-refractivity contribution in [2.24, 2.45) is 7.05 Å². The summed E-state index contributed by atoms with van der Waals surface area (Å²) in [4.78, 5) is 17.7. The first-order valence-corrected chi connectivity index (χ1v) is 10.3. The maximum absolute atomic E-state index is 12.8. The summed E-state index contributed by atoms with van der Waals surface area (Å²) in [6, 6.07) is -0.184. The maximum atomic E-state index is 12.8. The minimum Gasteiger partial charge on any atom is -0.336 e. The molecule has 146 valence electrons. The molecule has 0 aromatic carbocycles.